The van der Waals surface area contributed by atoms with E-state index < -0.39 is 5.60 Å². The maximum atomic E-state index is 13.7. The summed E-state index contributed by atoms with van der Waals surface area (Å²) in [4.78, 5) is 20.0. The van der Waals surface area contributed by atoms with E-state index in [1.165, 1.54) is 12.1 Å². The molecule has 2 heterocycles. The third-order valence-electron chi connectivity index (χ3n) is 5.38. The van der Waals surface area contributed by atoms with Crippen molar-refractivity contribution in [1.82, 2.24) is 19.7 Å². The first-order valence-corrected chi connectivity index (χ1v) is 10.9. The van der Waals surface area contributed by atoms with Crippen LogP contribution in [0.5, 0.6) is 0 Å². The van der Waals surface area contributed by atoms with Gasteiger partial charge < -0.3 is 10.0 Å². The number of likely N-dealkylation sites (N-methyl/N-ethyl adjacent to an activating group) is 1. The van der Waals surface area contributed by atoms with Gasteiger partial charge in [-0.2, -0.15) is 5.10 Å². The van der Waals surface area contributed by atoms with E-state index in [9.17, 15) is 14.3 Å². The van der Waals surface area contributed by atoms with E-state index in [-0.39, 0.29) is 18.3 Å². The van der Waals surface area contributed by atoms with Crippen LogP contribution >= 0.6 is 0 Å². The monoisotopic (exact) mass is 446 g/mol. The van der Waals surface area contributed by atoms with Crippen LogP contribution in [0, 0.1) is 5.82 Å². The Morgan fingerprint density at radius 1 is 1.12 bits per heavy atom. The standard InChI is InChI=1S/C26H27FN4O2/c1-4-30(17-26(2,3)33)25(32)21-14-23(19-10-6-5-7-11-19)29-24-22(21)15-28-31(24)16-18-9-8-12-20(27)13-18/h5-15,33H,4,16-17H2,1-3H3. The number of hydrogen-bond acceptors (Lipinski definition) is 4. The van der Waals surface area contributed by atoms with E-state index in [1.54, 1.807) is 41.8 Å². The van der Waals surface area contributed by atoms with Gasteiger partial charge in [-0.05, 0) is 44.5 Å². The molecular formula is C26H27FN4O2. The molecule has 1 N–H and O–H groups in total. The highest BCUT2D eigenvalue weighted by atomic mass is 19.1. The molecule has 170 valence electrons. The van der Waals surface area contributed by atoms with E-state index in [1.807, 2.05) is 43.3 Å². The molecule has 0 bridgehead atoms. The average Bonchev–Trinajstić information content (AvgIpc) is 3.19. The Hall–Kier alpha value is -3.58. The minimum absolute atomic E-state index is 0.199. The van der Waals surface area contributed by atoms with Crippen molar-refractivity contribution < 1.29 is 14.3 Å². The second-order valence-corrected chi connectivity index (χ2v) is 8.72. The predicted octanol–water partition coefficient (Wildman–Crippen LogP) is 4.52. The lowest BCUT2D eigenvalue weighted by molar-refractivity contribution is 0.0316. The SMILES string of the molecule is CCN(CC(C)(C)O)C(=O)c1cc(-c2ccccc2)nc2c1cnn2Cc1cccc(F)c1. The van der Waals surface area contributed by atoms with Gasteiger partial charge in [0.25, 0.3) is 5.91 Å². The van der Waals surface area contributed by atoms with Crippen molar-refractivity contribution >= 4 is 16.9 Å². The van der Waals surface area contributed by atoms with Gasteiger partial charge in [-0.15, -0.1) is 0 Å². The highest BCUT2D eigenvalue weighted by Gasteiger charge is 2.25. The molecule has 0 fully saturated rings. The number of hydrogen-bond donors (Lipinski definition) is 1. The van der Waals surface area contributed by atoms with Gasteiger partial charge in [-0.3, -0.25) is 4.79 Å². The Morgan fingerprint density at radius 3 is 2.55 bits per heavy atom. The van der Waals surface area contributed by atoms with E-state index >= 15 is 0 Å². The number of halogens is 1. The Morgan fingerprint density at radius 2 is 1.88 bits per heavy atom. The van der Waals surface area contributed by atoms with Crippen LogP contribution in [-0.2, 0) is 6.54 Å². The molecule has 0 saturated carbocycles. The van der Waals surface area contributed by atoms with Crippen LogP contribution in [0.4, 0.5) is 4.39 Å². The number of fused-ring (bicyclic) bond motifs is 1. The molecule has 2 aromatic carbocycles. The van der Waals surface area contributed by atoms with Crippen LogP contribution in [-0.4, -0.2) is 49.4 Å². The number of carbonyl (C=O) groups is 1. The molecule has 0 unspecified atom stereocenters. The number of rotatable bonds is 7. The van der Waals surface area contributed by atoms with Crippen molar-refractivity contribution in [2.45, 2.75) is 32.9 Å². The van der Waals surface area contributed by atoms with Crippen LogP contribution < -0.4 is 0 Å². The van der Waals surface area contributed by atoms with Crippen LogP contribution in [0.15, 0.2) is 66.9 Å². The topological polar surface area (TPSA) is 71.2 Å². The number of benzene rings is 2. The maximum absolute atomic E-state index is 13.7. The fourth-order valence-electron chi connectivity index (χ4n) is 3.87. The second kappa shape index (κ2) is 9.11. The third-order valence-corrected chi connectivity index (χ3v) is 5.38. The molecule has 33 heavy (non-hydrogen) atoms. The quantitative estimate of drug-likeness (QED) is 0.453. The average molecular weight is 447 g/mol. The smallest absolute Gasteiger partial charge is 0.254 e. The molecule has 7 heteroatoms. The zero-order valence-corrected chi connectivity index (χ0v) is 19.0. The van der Waals surface area contributed by atoms with Gasteiger partial charge in [0.2, 0.25) is 0 Å². The minimum atomic E-state index is -1.03. The molecule has 4 rings (SSSR count). The van der Waals surface area contributed by atoms with Crippen molar-refractivity contribution in [1.29, 1.82) is 0 Å². The minimum Gasteiger partial charge on any atom is -0.389 e. The van der Waals surface area contributed by atoms with Gasteiger partial charge in [0.05, 0.1) is 35.0 Å². The summed E-state index contributed by atoms with van der Waals surface area (Å²) in [5.41, 5.74) is 2.25. The third kappa shape index (κ3) is 5.09. The van der Waals surface area contributed by atoms with E-state index in [0.717, 1.165) is 11.1 Å². The van der Waals surface area contributed by atoms with E-state index in [2.05, 4.69) is 5.10 Å². The molecule has 1 amide bonds. The molecule has 0 aliphatic rings. The summed E-state index contributed by atoms with van der Waals surface area (Å²) in [7, 11) is 0. The van der Waals surface area contributed by atoms with Crippen molar-refractivity contribution in [3.8, 4) is 11.3 Å². The molecule has 4 aromatic rings. The molecule has 0 aliphatic carbocycles. The summed E-state index contributed by atoms with van der Waals surface area (Å²) in [5, 5.41) is 15.4. The zero-order chi connectivity index (χ0) is 23.6. The van der Waals surface area contributed by atoms with E-state index in [4.69, 9.17) is 4.98 Å². The van der Waals surface area contributed by atoms with Crippen molar-refractivity contribution in [3.05, 3.63) is 83.8 Å². The van der Waals surface area contributed by atoms with Crippen molar-refractivity contribution in [3.63, 3.8) is 0 Å². The van der Waals surface area contributed by atoms with Crippen LogP contribution in [0.2, 0.25) is 0 Å². The highest BCUT2D eigenvalue weighted by molar-refractivity contribution is 6.06. The summed E-state index contributed by atoms with van der Waals surface area (Å²) in [5.74, 6) is -0.516. The number of amides is 1. The first-order valence-electron chi connectivity index (χ1n) is 10.9. The number of pyridine rings is 1. The lowest BCUT2D eigenvalue weighted by Gasteiger charge is -2.28. The largest absolute Gasteiger partial charge is 0.389 e. The fourth-order valence-corrected chi connectivity index (χ4v) is 3.87. The van der Waals surface area contributed by atoms with Gasteiger partial charge in [0, 0.05) is 18.7 Å². The predicted molar refractivity (Wildman–Crippen MR) is 126 cm³/mol. The number of carbonyl (C=O) groups excluding carboxylic acids is 1. The van der Waals surface area contributed by atoms with Gasteiger partial charge in [0.1, 0.15) is 5.82 Å². The Balaban J connectivity index is 1.85. The summed E-state index contributed by atoms with van der Waals surface area (Å²) in [6.45, 7) is 6.21. The van der Waals surface area contributed by atoms with Gasteiger partial charge in [-0.1, -0.05) is 42.5 Å². The van der Waals surface area contributed by atoms with Crippen molar-refractivity contribution in [2.75, 3.05) is 13.1 Å². The fraction of sp³-hybridized carbons (Fsp3) is 0.269. The van der Waals surface area contributed by atoms with Crippen molar-refractivity contribution in [2.24, 2.45) is 0 Å². The van der Waals surface area contributed by atoms with E-state index in [0.29, 0.717) is 35.4 Å². The molecule has 6 nitrogen and oxygen atoms in total. The molecule has 0 radical (unpaired) electrons. The van der Waals surface area contributed by atoms with Gasteiger partial charge in [0.15, 0.2) is 5.65 Å². The molecule has 0 spiro atoms. The highest BCUT2D eigenvalue weighted by Crippen LogP contribution is 2.27. The first kappa shape index (κ1) is 22.6. The number of aliphatic hydroxyl groups is 1. The Kier molecular flexibility index (Phi) is 6.24. The Labute approximate surface area is 192 Å². The summed E-state index contributed by atoms with van der Waals surface area (Å²) in [6, 6.07) is 17.7. The first-order chi connectivity index (χ1) is 15.7. The maximum Gasteiger partial charge on any atom is 0.254 e. The second-order valence-electron chi connectivity index (χ2n) is 8.72. The van der Waals surface area contributed by atoms with Gasteiger partial charge in [-0.25, -0.2) is 14.1 Å². The van der Waals surface area contributed by atoms with Crippen LogP contribution in [0.25, 0.3) is 22.3 Å². The Bertz CT molecular complexity index is 1280. The summed E-state index contributed by atoms with van der Waals surface area (Å²) in [6.07, 6.45) is 1.63. The lowest BCUT2D eigenvalue weighted by Crippen LogP contribution is -2.42. The molecule has 0 atom stereocenters. The van der Waals surface area contributed by atoms with Crippen LogP contribution in [0.1, 0.15) is 36.7 Å². The molecule has 0 saturated heterocycles. The number of nitrogens with zero attached hydrogens (tertiary/aromatic N) is 4. The summed E-state index contributed by atoms with van der Waals surface area (Å²) < 4.78 is 15.4. The lowest BCUT2D eigenvalue weighted by atomic mass is 10.0. The molecule has 2 aromatic heterocycles. The molecule has 0 aliphatic heterocycles. The molecular weight excluding hydrogens is 419 g/mol. The normalized spacial score (nSPS) is 11.7. The number of aromatic nitrogens is 3. The van der Waals surface area contributed by atoms with Crippen LogP contribution in [0.3, 0.4) is 0 Å². The summed E-state index contributed by atoms with van der Waals surface area (Å²) >= 11 is 0. The zero-order valence-electron chi connectivity index (χ0n) is 19.0. The van der Waals surface area contributed by atoms with Gasteiger partial charge >= 0.3 is 0 Å².